The first-order valence-electron chi connectivity index (χ1n) is 9.51. The molecule has 3 atom stereocenters. The topological polar surface area (TPSA) is 59.0 Å². The van der Waals surface area contributed by atoms with E-state index in [1.54, 1.807) is 14.2 Å². The van der Waals surface area contributed by atoms with Gasteiger partial charge in [0.05, 0.1) is 19.8 Å². The number of methoxy groups -OCH3 is 2. The van der Waals surface area contributed by atoms with Crippen LogP contribution in [-0.4, -0.2) is 42.3 Å². The lowest BCUT2D eigenvalue weighted by molar-refractivity contribution is -0.158. The van der Waals surface area contributed by atoms with Crippen LogP contribution in [0.3, 0.4) is 0 Å². The summed E-state index contributed by atoms with van der Waals surface area (Å²) in [4.78, 5) is 15.4. The number of nitrogens with zero attached hydrogens (tertiary/aromatic N) is 1. The number of ether oxygens (including phenoxy) is 2. The maximum absolute atomic E-state index is 13.4. The van der Waals surface area contributed by atoms with Gasteiger partial charge in [-0.05, 0) is 42.5 Å². The lowest BCUT2D eigenvalue weighted by Crippen LogP contribution is -2.53. The number of aliphatic hydroxyl groups is 1. The van der Waals surface area contributed by atoms with Gasteiger partial charge in [-0.2, -0.15) is 0 Å². The minimum absolute atomic E-state index is 0.0975. The number of carbonyl (C=O) groups excluding carboxylic acids is 1. The summed E-state index contributed by atoms with van der Waals surface area (Å²) in [5.74, 6) is 1.21. The molecule has 4 rings (SSSR count). The van der Waals surface area contributed by atoms with Crippen molar-refractivity contribution in [1.82, 2.24) is 4.90 Å². The molecule has 1 N–H and O–H groups in total. The quantitative estimate of drug-likeness (QED) is 0.882. The summed E-state index contributed by atoms with van der Waals surface area (Å²) in [7, 11) is 3.29. The Hall–Kier alpha value is -1.75. The summed E-state index contributed by atoms with van der Waals surface area (Å²) in [6, 6.07) is 4.09. The zero-order valence-electron chi connectivity index (χ0n) is 16.4. The molecule has 1 saturated carbocycles. The van der Waals surface area contributed by atoms with Crippen LogP contribution >= 0.6 is 0 Å². The second kappa shape index (κ2) is 5.38. The van der Waals surface area contributed by atoms with Crippen molar-refractivity contribution in [3.05, 3.63) is 23.3 Å². The number of amides is 1. The summed E-state index contributed by atoms with van der Waals surface area (Å²) < 4.78 is 11.0. The summed E-state index contributed by atoms with van der Waals surface area (Å²) in [5, 5.41) is 11.7. The van der Waals surface area contributed by atoms with Crippen LogP contribution in [0.1, 0.15) is 51.2 Å². The number of rotatable bonds is 2. The van der Waals surface area contributed by atoms with Gasteiger partial charge >= 0.3 is 0 Å². The van der Waals surface area contributed by atoms with E-state index in [1.165, 1.54) is 5.56 Å². The van der Waals surface area contributed by atoms with Gasteiger partial charge in [-0.3, -0.25) is 4.79 Å². The van der Waals surface area contributed by atoms with Gasteiger partial charge < -0.3 is 19.5 Å². The van der Waals surface area contributed by atoms with Crippen molar-refractivity contribution >= 4 is 5.91 Å². The Balaban J connectivity index is 1.96. The van der Waals surface area contributed by atoms with Crippen molar-refractivity contribution in [3.63, 3.8) is 0 Å². The fraction of sp³-hybridized carbons (Fsp3) is 0.667. The summed E-state index contributed by atoms with van der Waals surface area (Å²) in [6.45, 7) is 6.58. The molecule has 142 valence electrons. The molecule has 1 aliphatic carbocycles. The van der Waals surface area contributed by atoms with Crippen molar-refractivity contribution in [2.75, 3.05) is 20.8 Å². The fourth-order valence-electron chi connectivity index (χ4n) is 5.78. The molecule has 2 aliphatic heterocycles. The van der Waals surface area contributed by atoms with Crippen LogP contribution in [0.5, 0.6) is 11.5 Å². The minimum Gasteiger partial charge on any atom is -0.493 e. The lowest BCUT2D eigenvalue weighted by atomic mass is 9.64. The highest BCUT2D eigenvalue weighted by Crippen LogP contribution is 2.64. The Labute approximate surface area is 155 Å². The van der Waals surface area contributed by atoms with Gasteiger partial charge in [-0.1, -0.05) is 27.2 Å². The molecule has 1 spiro atoms. The average molecular weight is 359 g/mol. The molecule has 5 nitrogen and oxygen atoms in total. The predicted molar refractivity (Wildman–Crippen MR) is 98.4 cm³/mol. The van der Waals surface area contributed by atoms with Crippen LogP contribution in [0.2, 0.25) is 0 Å². The number of fused-ring (bicyclic) bond motifs is 1. The molecule has 3 aliphatic rings. The third kappa shape index (κ3) is 1.87. The van der Waals surface area contributed by atoms with E-state index in [0.717, 1.165) is 37.0 Å². The standard InChI is InChI=1S/C21H29NO4/c1-19(2,3)21(24)17-7-6-9-20(17)14-12-16(26-5)15(25-4)11-13(14)8-10-22(20)18(21)23/h11-12,17,24H,6-10H2,1-5H3/t17-,20-,21+/m0/s1. The number of hydrogen-bond acceptors (Lipinski definition) is 4. The smallest absolute Gasteiger partial charge is 0.256 e. The lowest BCUT2D eigenvalue weighted by Gasteiger charge is -2.45. The highest BCUT2D eigenvalue weighted by Gasteiger charge is 2.72. The molecule has 1 amide bonds. The summed E-state index contributed by atoms with van der Waals surface area (Å²) in [6.07, 6.45) is 3.55. The highest BCUT2D eigenvalue weighted by atomic mass is 16.5. The third-order valence-electron chi connectivity index (χ3n) is 7.01. The Morgan fingerprint density at radius 3 is 2.46 bits per heavy atom. The monoisotopic (exact) mass is 359 g/mol. The first-order chi connectivity index (χ1) is 12.2. The van der Waals surface area contributed by atoms with E-state index in [0.29, 0.717) is 12.3 Å². The molecule has 0 radical (unpaired) electrons. The predicted octanol–water partition coefficient (Wildman–Crippen LogP) is 2.87. The number of benzene rings is 1. The van der Waals surface area contributed by atoms with E-state index < -0.39 is 16.6 Å². The number of hydrogen-bond donors (Lipinski definition) is 1. The first kappa shape index (κ1) is 17.7. The van der Waals surface area contributed by atoms with Gasteiger partial charge in [0.15, 0.2) is 17.1 Å². The van der Waals surface area contributed by atoms with E-state index in [1.807, 2.05) is 31.7 Å². The van der Waals surface area contributed by atoms with Crippen LogP contribution in [0.4, 0.5) is 0 Å². The SMILES string of the molecule is COc1cc2c(cc1OC)[C@@]13CCC[C@@H]1[C@](O)(C(C)(C)C)C(=O)N3CC2. The van der Waals surface area contributed by atoms with Crippen LogP contribution in [0.25, 0.3) is 0 Å². The summed E-state index contributed by atoms with van der Waals surface area (Å²) in [5.41, 5.74) is 0.0687. The van der Waals surface area contributed by atoms with Gasteiger partial charge in [0.1, 0.15) is 0 Å². The second-order valence-corrected chi connectivity index (χ2v) is 8.96. The Morgan fingerprint density at radius 2 is 1.85 bits per heavy atom. The summed E-state index contributed by atoms with van der Waals surface area (Å²) >= 11 is 0. The molecule has 2 heterocycles. The molecule has 2 fully saturated rings. The molecule has 5 heteroatoms. The molecule has 1 saturated heterocycles. The zero-order chi connectivity index (χ0) is 18.9. The largest absolute Gasteiger partial charge is 0.493 e. The van der Waals surface area contributed by atoms with Crippen molar-refractivity contribution in [2.24, 2.45) is 11.3 Å². The normalized spacial score (nSPS) is 32.9. The maximum atomic E-state index is 13.4. The van der Waals surface area contributed by atoms with E-state index >= 15 is 0 Å². The number of carbonyl (C=O) groups is 1. The van der Waals surface area contributed by atoms with E-state index in [2.05, 4.69) is 6.07 Å². The molecular weight excluding hydrogens is 330 g/mol. The van der Waals surface area contributed by atoms with Gasteiger partial charge in [0.25, 0.3) is 5.91 Å². The molecule has 0 bridgehead atoms. The fourth-order valence-corrected chi connectivity index (χ4v) is 5.78. The van der Waals surface area contributed by atoms with E-state index in [9.17, 15) is 9.90 Å². The molecular formula is C21H29NO4. The van der Waals surface area contributed by atoms with Crippen LogP contribution < -0.4 is 9.47 Å². The Morgan fingerprint density at radius 1 is 1.19 bits per heavy atom. The maximum Gasteiger partial charge on any atom is 0.256 e. The van der Waals surface area contributed by atoms with Gasteiger partial charge in [0, 0.05) is 17.9 Å². The van der Waals surface area contributed by atoms with Gasteiger partial charge in [-0.25, -0.2) is 0 Å². The zero-order valence-corrected chi connectivity index (χ0v) is 16.4. The Kier molecular flexibility index (Phi) is 3.65. The highest BCUT2D eigenvalue weighted by molar-refractivity contribution is 5.91. The van der Waals surface area contributed by atoms with Crippen molar-refractivity contribution in [1.29, 1.82) is 0 Å². The van der Waals surface area contributed by atoms with Crippen LogP contribution in [0.15, 0.2) is 12.1 Å². The van der Waals surface area contributed by atoms with Crippen LogP contribution in [-0.2, 0) is 16.8 Å². The molecule has 1 aromatic rings. The van der Waals surface area contributed by atoms with E-state index in [-0.39, 0.29) is 11.8 Å². The third-order valence-corrected chi connectivity index (χ3v) is 7.01. The van der Waals surface area contributed by atoms with E-state index in [4.69, 9.17) is 9.47 Å². The molecule has 1 aromatic carbocycles. The molecule has 0 unspecified atom stereocenters. The van der Waals surface area contributed by atoms with Crippen molar-refractivity contribution in [2.45, 2.75) is 57.6 Å². The van der Waals surface area contributed by atoms with Gasteiger partial charge in [0.2, 0.25) is 0 Å². The van der Waals surface area contributed by atoms with Crippen LogP contribution in [0, 0.1) is 11.3 Å². The van der Waals surface area contributed by atoms with Crippen molar-refractivity contribution < 1.29 is 19.4 Å². The minimum atomic E-state index is -1.34. The van der Waals surface area contributed by atoms with Crippen molar-refractivity contribution in [3.8, 4) is 11.5 Å². The first-order valence-corrected chi connectivity index (χ1v) is 9.51. The Bertz CT molecular complexity index is 768. The molecule has 0 aromatic heterocycles. The average Bonchev–Trinajstić information content (AvgIpc) is 3.11. The second-order valence-electron chi connectivity index (χ2n) is 8.96. The van der Waals surface area contributed by atoms with Gasteiger partial charge in [-0.15, -0.1) is 0 Å². The molecule has 26 heavy (non-hydrogen) atoms.